The summed E-state index contributed by atoms with van der Waals surface area (Å²) in [6, 6.07) is 0. The molecule has 0 aliphatic heterocycles. The third kappa shape index (κ3) is 4.88. The van der Waals surface area contributed by atoms with E-state index in [4.69, 9.17) is 4.74 Å². The molecule has 4 heteroatoms. The molecule has 1 unspecified atom stereocenters. The molecule has 4 nitrogen and oxygen atoms in total. The molecule has 0 saturated carbocycles. The van der Waals surface area contributed by atoms with Crippen molar-refractivity contribution in [2.45, 2.75) is 33.9 Å². The second-order valence-electron chi connectivity index (χ2n) is 4.93. The Morgan fingerprint density at radius 1 is 1.41 bits per heavy atom. The molecule has 17 heavy (non-hydrogen) atoms. The fourth-order valence-electron chi connectivity index (χ4n) is 1.57. The molecule has 0 radical (unpaired) electrons. The summed E-state index contributed by atoms with van der Waals surface area (Å²) in [5.74, 6) is 1.37. The fraction of sp³-hybridized carbons (Fsp3) is 0.769. The van der Waals surface area contributed by atoms with Crippen molar-refractivity contribution in [1.29, 1.82) is 0 Å². The lowest BCUT2D eigenvalue weighted by Crippen LogP contribution is -2.22. The van der Waals surface area contributed by atoms with Crippen molar-refractivity contribution in [3.05, 3.63) is 18.2 Å². The van der Waals surface area contributed by atoms with Gasteiger partial charge in [-0.2, -0.15) is 0 Å². The van der Waals surface area contributed by atoms with Crippen LogP contribution in [-0.4, -0.2) is 29.8 Å². The van der Waals surface area contributed by atoms with Crippen LogP contribution in [0.3, 0.4) is 0 Å². The van der Waals surface area contributed by atoms with Gasteiger partial charge in [-0.3, -0.25) is 0 Å². The van der Waals surface area contributed by atoms with E-state index < -0.39 is 0 Å². The summed E-state index contributed by atoms with van der Waals surface area (Å²) < 4.78 is 7.24. The van der Waals surface area contributed by atoms with Crippen molar-refractivity contribution in [3.8, 4) is 0 Å². The highest BCUT2D eigenvalue weighted by Crippen LogP contribution is 2.13. The van der Waals surface area contributed by atoms with E-state index in [1.54, 1.807) is 7.11 Å². The first-order valence-corrected chi connectivity index (χ1v) is 6.33. The molecule has 1 heterocycles. The maximum atomic E-state index is 5.00. The summed E-state index contributed by atoms with van der Waals surface area (Å²) in [7, 11) is 1.72. The zero-order valence-corrected chi connectivity index (χ0v) is 11.4. The quantitative estimate of drug-likeness (QED) is 0.704. The van der Waals surface area contributed by atoms with Crippen molar-refractivity contribution in [2.24, 2.45) is 11.8 Å². The van der Waals surface area contributed by atoms with Crippen LogP contribution in [0.1, 0.15) is 26.5 Å². The monoisotopic (exact) mass is 239 g/mol. The topological polar surface area (TPSA) is 39.1 Å². The Morgan fingerprint density at radius 3 is 2.82 bits per heavy atom. The third-order valence-electron chi connectivity index (χ3n) is 3.21. The summed E-state index contributed by atoms with van der Waals surface area (Å²) >= 11 is 0. The number of nitrogens with zero attached hydrogens (tertiary/aromatic N) is 2. The molecule has 0 aromatic carbocycles. The number of ether oxygens (including phenoxy) is 1. The lowest BCUT2D eigenvalue weighted by Gasteiger charge is -2.18. The van der Waals surface area contributed by atoms with Gasteiger partial charge < -0.3 is 14.6 Å². The maximum Gasteiger partial charge on any atom is 0.0948 e. The number of methoxy groups -OCH3 is 1. The minimum Gasteiger partial charge on any atom is -0.383 e. The lowest BCUT2D eigenvalue weighted by molar-refractivity contribution is 0.199. The first-order chi connectivity index (χ1) is 8.15. The van der Waals surface area contributed by atoms with Gasteiger partial charge in [-0.05, 0) is 11.8 Å². The molecule has 0 spiro atoms. The first kappa shape index (κ1) is 14.2. The first-order valence-electron chi connectivity index (χ1n) is 6.33. The SMILES string of the molecule is COCCNCc1cncn1CC(C)C(C)C. The highest BCUT2D eigenvalue weighted by molar-refractivity contribution is 4.98. The minimum atomic E-state index is 0.668. The number of aromatic nitrogens is 2. The maximum absolute atomic E-state index is 5.00. The zero-order chi connectivity index (χ0) is 12.7. The Balaban J connectivity index is 2.42. The van der Waals surface area contributed by atoms with E-state index in [9.17, 15) is 0 Å². The highest BCUT2D eigenvalue weighted by atomic mass is 16.5. The molecular weight excluding hydrogens is 214 g/mol. The summed E-state index contributed by atoms with van der Waals surface area (Å²) in [4.78, 5) is 4.23. The van der Waals surface area contributed by atoms with Gasteiger partial charge in [0.2, 0.25) is 0 Å². The standard InChI is InChI=1S/C13H25N3O/c1-11(2)12(3)9-16-10-15-8-13(16)7-14-5-6-17-4/h8,10-12,14H,5-7,9H2,1-4H3. The fourth-order valence-corrected chi connectivity index (χ4v) is 1.57. The molecule has 0 aliphatic carbocycles. The van der Waals surface area contributed by atoms with E-state index in [0.29, 0.717) is 11.8 Å². The minimum absolute atomic E-state index is 0.668. The van der Waals surface area contributed by atoms with Crippen molar-refractivity contribution in [2.75, 3.05) is 20.3 Å². The number of hydrogen-bond acceptors (Lipinski definition) is 3. The molecule has 0 fully saturated rings. The summed E-state index contributed by atoms with van der Waals surface area (Å²) in [6.45, 7) is 10.3. The molecule has 98 valence electrons. The van der Waals surface area contributed by atoms with Gasteiger partial charge in [-0.25, -0.2) is 4.98 Å². The lowest BCUT2D eigenvalue weighted by atomic mass is 9.98. The van der Waals surface area contributed by atoms with E-state index in [1.165, 1.54) is 5.69 Å². The predicted molar refractivity (Wildman–Crippen MR) is 69.8 cm³/mol. The van der Waals surface area contributed by atoms with Crippen molar-refractivity contribution < 1.29 is 4.74 Å². The average molecular weight is 239 g/mol. The van der Waals surface area contributed by atoms with E-state index >= 15 is 0 Å². The van der Waals surface area contributed by atoms with E-state index in [1.807, 2.05) is 12.5 Å². The number of rotatable bonds is 8. The summed E-state index contributed by atoms with van der Waals surface area (Å²) in [5.41, 5.74) is 1.24. The second-order valence-corrected chi connectivity index (χ2v) is 4.93. The van der Waals surface area contributed by atoms with Gasteiger partial charge in [0, 0.05) is 32.9 Å². The molecule has 1 aromatic rings. The molecule has 1 aromatic heterocycles. The van der Waals surface area contributed by atoms with Gasteiger partial charge in [0.1, 0.15) is 0 Å². The van der Waals surface area contributed by atoms with Crippen LogP contribution in [0.15, 0.2) is 12.5 Å². The largest absolute Gasteiger partial charge is 0.383 e. The van der Waals surface area contributed by atoms with Crippen LogP contribution in [0.2, 0.25) is 0 Å². The normalized spacial score (nSPS) is 13.2. The highest BCUT2D eigenvalue weighted by Gasteiger charge is 2.10. The van der Waals surface area contributed by atoms with Crippen molar-refractivity contribution in [1.82, 2.24) is 14.9 Å². The van der Waals surface area contributed by atoms with Crippen molar-refractivity contribution in [3.63, 3.8) is 0 Å². The Morgan fingerprint density at radius 2 is 2.18 bits per heavy atom. The van der Waals surface area contributed by atoms with Crippen LogP contribution in [0.4, 0.5) is 0 Å². The molecular formula is C13H25N3O. The number of hydrogen-bond donors (Lipinski definition) is 1. The van der Waals surface area contributed by atoms with Crippen LogP contribution < -0.4 is 5.32 Å². The summed E-state index contributed by atoms with van der Waals surface area (Å²) in [6.07, 6.45) is 3.86. The Kier molecular flexibility index (Phi) is 6.22. The van der Waals surface area contributed by atoms with Crippen LogP contribution in [-0.2, 0) is 17.8 Å². The molecule has 0 aliphatic rings. The number of nitrogens with one attached hydrogen (secondary N) is 1. The van der Waals surface area contributed by atoms with Crippen LogP contribution in [0.25, 0.3) is 0 Å². The van der Waals surface area contributed by atoms with E-state index in [0.717, 1.165) is 26.2 Å². The Bertz CT molecular complexity index is 309. The molecule has 0 bridgehead atoms. The molecule has 1 N–H and O–H groups in total. The Hall–Kier alpha value is -0.870. The van der Waals surface area contributed by atoms with Gasteiger partial charge in [-0.1, -0.05) is 20.8 Å². The molecule has 1 atom stereocenters. The van der Waals surface area contributed by atoms with Gasteiger partial charge >= 0.3 is 0 Å². The van der Waals surface area contributed by atoms with E-state index in [2.05, 4.69) is 35.6 Å². The molecule has 0 saturated heterocycles. The zero-order valence-electron chi connectivity index (χ0n) is 11.4. The van der Waals surface area contributed by atoms with Crippen LogP contribution >= 0.6 is 0 Å². The van der Waals surface area contributed by atoms with Gasteiger partial charge in [0.05, 0.1) is 18.6 Å². The van der Waals surface area contributed by atoms with E-state index in [-0.39, 0.29) is 0 Å². The van der Waals surface area contributed by atoms with Crippen LogP contribution in [0.5, 0.6) is 0 Å². The van der Waals surface area contributed by atoms with Gasteiger partial charge in [0.25, 0.3) is 0 Å². The smallest absolute Gasteiger partial charge is 0.0948 e. The predicted octanol–water partition coefficient (Wildman–Crippen LogP) is 1.91. The molecule has 0 amide bonds. The molecule has 1 rings (SSSR count). The third-order valence-corrected chi connectivity index (χ3v) is 3.21. The average Bonchev–Trinajstić information content (AvgIpc) is 2.72. The number of imidazole rings is 1. The van der Waals surface area contributed by atoms with Crippen LogP contribution in [0, 0.1) is 11.8 Å². The van der Waals surface area contributed by atoms with Crippen molar-refractivity contribution >= 4 is 0 Å². The van der Waals surface area contributed by atoms with Gasteiger partial charge in [-0.15, -0.1) is 0 Å². The second kappa shape index (κ2) is 7.45. The summed E-state index contributed by atoms with van der Waals surface area (Å²) in [5, 5.41) is 3.35. The Labute approximate surface area is 104 Å². The van der Waals surface area contributed by atoms with Gasteiger partial charge in [0.15, 0.2) is 0 Å².